The van der Waals surface area contributed by atoms with Crippen molar-refractivity contribution in [3.8, 4) is 0 Å². The Labute approximate surface area is 92.9 Å². The molecule has 82 valence electrons. The molecule has 0 bridgehead atoms. The summed E-state index contributed by atoms with van der Waals surface area (Å²) in [5.41, 5.74) is 4.57. The van der Waals surface area contributed by atoms with Gasteiger partial charge in [0, 0.05) is 18.1 Å². The summed E-state index contributed by atoms with van der Waals surface area (Å²) in [6.45, 7) is 1.76. The maximum absolute atomic E-state index is 11.2. The van der Waals surface area contributed by atoms with Gasteiger partial charge in [-0.3, -0.25) is 9.78 Å². The highest BCUT2D eigenvalue weighted by atomic mass is 32.2. The molecule has 1 atom stereocenters. The summed E-state index contributed by atoms with van der Waals surface area (Å²) in [7, 11) is 1.71. The summed E-state index contributed by atoms with van der Waals surface area (Å²) in [5.74, 6) is 0.152. The van der Waals surface area contributed by atoms with E-state index in [0.717, 1.165) is 5.03 Å². The number of nitrogens with two attached hydrogens (primary N) is 1. The highest BCUT2D eigenvalue weighted by Crippen LogP contribution is 2.19. The number of likely N-dealkylation sites (N-methyl/N-ethyl adjacent to an activating group) is 1. The van der Waals surface area contributed by atoms with Crippen LogP contribution in [0.15, 0.2) is 23.6 Å². The van der Waals surface area contributed by atoms with Crippen molar-refractivity contribution >= 4 is 17.7 Å². The molecule has 0 spiro atoms. The van der Waals surface area contributed by atoms with Gasteiger partial charge in [0.15, 0.2) is 0 Å². The summed E-state index contributed by atoms with van der Waals surface area (Å²) in [4.78, 5) is 19.2. The van der Waals surface area contributed by atoms with Crippen molar-refractivity contribution < 1.29 is 4.79 Å². The fourth-order valence-electron chi connectivity index (χ4n) is 0.845. The van der Waals surface area contributed by atoms with Crippen molar-refractivity contribution in [2.45, 2.75) is 17.5 Å². The van der Waals surface area contributed by atoms with Crippen LogP contribution < -0.4 is 11.1 Å². The molecule has 6 heteroatoms. The van der Waals surface area contributed by atoms with Crippen molar-refractivity contribution in [2.24, 2.45) is 5.73 Å². The predicted octanol–water partition coefficient (Wildman–Crippen LogP) is 0.0321. The lowest BCUT2D eigenvalue weighted by atomic mass is 10.1. The molecule has 0 aromatic carbocycles. The predicted molar refractivity (Wildman–Crippen MR) is 59.4 cm³/mol. The SMILES string of the molecule is CNC(C)(CSc1cnccn1)C(N)=O. The molecule has 1 unspecified atom stereocenters. The number of carbonyl (C=O) groups excluding carboxylic acids is 1. The zero-order chi connectivity index (χ0) is 11.3. The number of hydrogen-bond donors (Lipinski definition) is 2. The van der Waals surface area contributed by atoms with Crippen molar-refractivity contribution in [2.75, 3.05) is 12.8 Å². The van der Waals surface area contributed by atoms with Crippen LogP contribution in [-0.4, -0.2) is 34.2 Å². The number of hydrogen-bond acceptors (Lipinski definition) is 5. The summed E-state index contributed by atoms with van der Waals surface area (Å²) in [6.07, 6.45) is 4.88. The molecule has 5 nitrogen and oxygen atoms in total. The first-order valence-electron chi connectivity index (χ1n) is 4.46. The van der Waals surface area contributed by atoms with Gasteiger partial charge in [0.05, 0.1) is 6.20 Å². The van der Waals surface area contributed by atoms with Crippen LogP contribution >= 0.6 is 11.8 Å². The van der Waals surface area contributed by atoms with Crippen LogP contribution in [0.4, 0.5) is 0 Å². The molecule has 15 heavy (non-hydrogen) atoms. The average Bonchev–Trinajstić information content (AvgIpc) is 2.27. The van der Waals surface area contributed by atoms with Crippen molar-refractivity contribution in [1.29, 1.82) is 0 Å². The van der Waals surface area contributed by atoms with Gasteiger partial charge >= 0.3 is 0 Å². The summed E-state index contributed by atoms with van der Waals surface area (Å²) < 4.78 is 0. The molecule has 1 aromatic heterocycles. The average molecular weight is 226 g/mol. The maximum Gasteiger partial charge on any atom is 0.238 e. The van der Waals surface area contributed by atoms with E-state index in [0.29, 0.717) is 5.75 Å². The topological polar surface area (TPSA) is 80.9 Å². The molecule has 0 fully saturated rings. The first-order chi connectivity index (χ1) is 7.08. The minimum Gasteiger partial charge on any atom is -0.368 e. The van der Waals surface area contributed by atoms with Crippen molar-refractivity contribution in [1.82, 2.24) is 15.3 Å². The van der Waals surface area contributed by atoms with E-state index in [9.17, 15) is 4.79 Å². The van der Waals surface area contributed by atoms with Crippen molar-refractivity contribution in [3.05, 3.63) is 18.6 Å². The van der Waals surface area contributed by atoms with Gasteiger partial charge in [-0.15, -0.1) is 11.8 Å². The Balaban J connectivity index is 2.59. The van der Waals surface area contributed by atoms with E-state index in [-0.39, 0.29) is 5.91 Å². The molecular weight excluding hydrogens is 212 g/mol. The quantitative estimate of drug-likeness (QED) is 0.692. The molecule has 0 saturated heterocycles. The number of rotatable bonds is 5. The van der Waals surface area contributed by atoms with E-state index < -0.39 is 5.54 Å². The first kappa shape index (κ1) is 11.9. The second kappa shape index (κ2) is 5.09. The van der Waals surface area contributed by atoms with Crippen LogP contribution in [0.1, 0.15) is 6.92 Å². The molecule has 0 aliphatic carbocycles. The van der Waals surface area contributed by atoms with E-state index >= 15 is 0 Å². The Morgan fingerprint density at radius 2 is 2.40 bits per heavy atom. The van der Waals surface area contributed by atoms with Crippen molar-refractivity contribution in [3.63, 3.8) is 0 Å². The highest BCUT2D eigenvalue weighted by Gasteiger charge is 2.29. The van der Waals surface area contributed by atoms with Gasteiger partial charge in [0.1, 0.15) is 10.6 Å². The number of carbonyl (C=O) groups is 1. The number of amides is 1. The Hall–Kier alpha value is -1.14. The van der Waals surface area contributed by atoms with Crippen LogP contribution in [-0.2, 0) is 4.79 Å². The van der Waals surface area contributed by atoms with Gasteiger partial charge in [-0.05, 0) is 14.0 Å². The van der Waals surface area contributed by atoms with E-state index in [4.69, 9.17) is 5.73 Å². The smallest absolute Gasteiger partial charge is 0.238 e. The molecule has 0 aliphatic heterocycles. The van der Waals surface area contributed by atoms with Gasteiger partial charge < -0.3 is 11.1 Å². The summed E-state index contributed by atoms with van der Waals surface area (Å²) in [5, 5.41) is 3.68. The molecule has 1 heterocycles. The van der Waals surface area contributed by atoms with Crippen LogP contribution in [0, 0.1) is 0 Å². The van der Waals surface area contributed by atoms with Crippen LogP contribution in [0.5, 0.6) is 0 Å². The fourth-order valence-corrected chi connectivity index (χ4v) is 1.84. The zero-order valence-electron chi connectivity index (χ0n) is 8.73. The molecule has 1 rings (SSSR count). The highest BCUT2D eigenvalue weighted by molar-refractivity contribution is 7.99. The Kier molecular flexibility index (Phi) is 4.05. The molecule has 1 aromatic rings. The molecule has 1 amide bonds. The molecular formula is C9H14N4OS. The largest absolute Gasteiger partial charge is 0.368 e. The van der Waals surface area contributed by atoms with Gasteiger partial charge in [-0.25, -0.2) is 4.98 Å². The minimum atomic E-state index is -0.720. The standard InChI is InChI=1S/C9H14N4OS/c1-9(11-2,8(10)14)6-15-7-5-12-3-4-13-7/h3-5,11H,6H2,1-2H3,(H2,10,14). The van der Waals surface area contributed by atoms with E-state index in [1.807, 2.05) is 0 Å². The summed E-state index contributed by atoms with van der Waals surface area (Å²) >= 11 is 1.44. The molecule has 0 radical (unpaired) electrons. The third-order valence-corrected chi connectivity index (χ3v) is 3.37. The molecule has 3 N–H and O–H groups in total. The second-order valence-corrected chi connectivity index (χ2v) is 4.27. The Bertz CT molecular complexity index is 332. The lowest BCUT2D eigenvalue weighted by Crippen LogP contribution is -2.53. The lowest BCUT2D eigenvalue weighted by molar-refractivity contribution is -0.122. The van der Waals surface area contributed by atoms with Gasteiger partial charge in [-0.1, -0.05) is 0 Å². The van der Waals surface area contributed by atoms with Gasteiger partial charge in [0.2, 0.25) is 5.91 Å². The van der Waals surface area contributed by atoms with Crippen LogP contribution in [0.25, 0.3) is 0 Å². The van der Waals surface area contributed by atoms with E-state index in [1.165, 1.54) is 11.8 Å². The number of primary amides is 1. The minimum absolute atomic E-state index is 0.374. The summed E-state index contributed by atoms with van der Waals surface area (Å²) in [6, 6.07) is 0. The third-order valence-electron chi connectivity index (χ3n) is 2.14. The lowest BCUT2D eigenvalue weighted by Gasteiger charge is -2.24. The van der Waals surface area contributed by atoms with Gasteiger partial charge in [0.25, 0.3) is 0 Å². The first-order valence-corrected chi connectivity index (χ1v) is 5.44. The number of thioether (sulfide) groups is 1. The zero-order valence-corrected chi connectivity index (χ0v) is 9.54. The fraction of sp³-hybridized carbons (Fsp3) is 0.444. The van der Waals surface area contributed by atoms with Gasteiger partial charge in [-0.2, -0.15) is 0 Å². The number of nitrogens with one attached hydrogen (secondary N) is 1. The van der Waals surface area contributed by atoms with Crippen LogP contribution in [0.3, 0.4) is 0 Å². The Morgan fingerprint density at radius 1 is 1.67 bits per heavy atom. The Morgan fingerprint density at radius 3 is 2.87 bits per heavy atom. The van der Waals surface area contributed by atoms with Crippen LogP contribution in [0.2, 0.25) is 0 Å². The molecule has 0 saturated carbocycles. The number of aromatic nitrogens is 2. The van der Waals surface area contributed by atoms with E-state index in [1.54, 1.807) is 32.6 Å². The molecule has 0 aliphatic rings. The normalized spacial score (nSPS) is 14.5. The maximum atomic E-state index is 11.2. The number of nitrogens with zero attached hydrogens (tertiary/aromatic N) is 2. The third kappa shape index (κ3) is 3.17. The second-order valence-electron chi connectivity index (χ2n) is 3.28. The monoisotopic (exact) mass is 226 g/mol. The van der Waals surface area contributed by atoms with E-state index in [2.05, 4.69) is 15.3 Å².